The van der Waals surface area contributed by atoms with Crippen molar-refractivity contribution in [3.8, 4) is 0 Å². The molecule has 0 aliphatic carbocycles. The number of nitrogens with zero attached hydrogens (tertiary/aromatic N) is 3. The first-order chi connectivity index (χ1) is 9.02. The molecule has 0 atom stereocenters. The topological polar surface area (TPSA) is 53.5 Å². The molecule has 0 aromatic carbocycles. The molecule has 1 aromatic heterocycles. The molecule has 5 nitrogen and oxygen atoms in total. The van der Waals surface area contributed by atoms with Crippen LogP contribution in [0.3, 0.4) is 0 Å². The van der Waals surface area contributed by atoms with E-state index in [0.29, 0.717) is 24.7 Å². The van der Waals surface area contributed by atoms with Gasteiger partial charge in [0.15, 0.2) is 0 Å². The van der Waals surface area contributed by atoms with Crippen LogP contribution in [0.2, 0.25) is 0 Å². The fraction of sp³-hybridized carbons (Fsp3) is 0.500. The van der Waals surface area contributed by atoms with Gasteiger partial charge in [-0.1, -0.05) is 13.8 Å². The third-order valence-electron chi connectivity index (χ3n) is 3.31. The number of amides is 2. The summed E-state index contributed by atoms with van der Waals surface area (Å²) in [5.74, 6) is 0.211. The summed E-state index contributed by atoms with van der Waals surface area (Å²) in [4.78, 5) is 31.4. The van der Waals surface area contributed by atoms with Gasteiger partial charge in [-0.25, -0.2) is 0 Å². The van der Waals surface area contributed by atoms with Gasteiger partial charge in [0, 0.05) is 18.4 Å². The molecular formula is C14H19N3O2. The second kappa shape index (κ2) is 5.38. The molecule has 0 radical (unpaired) electrons. The van der Waals surface area contributed by atoms with E-state index in [2.05, 4.69) is 18.8 Å². The van der Waals surface area contributed by atoms with Crippen LogP contribution in [-0.4, -0.2) is 46.4 Å². The predicted octanol–water partition coefficient (Wildman–Crippen LogP) is 1.47. The van der Waals surface area contributed by atoms with E-state index < -0.39 is 0 Å². The maximum Gasteiger partial charge on any atom is 0.257 e. The smallest absolute Gasteiger partial charge is 0.257 e. The SMILES string of the molecule is CCN1CN(C(=O)c2ccc(C(C)C)nc2)CC1=O. The Morgan fingerprint density at radius 1 is 1.42 bits per heavy atom. The van der Waals surface area contributed by atoms with Gasteiger partial charge in [0.1, 0.15) is 6.54 Å². The third kappa shape index (κ3) is 2.75. The predicted molar refractivity (Wildman–Crippen MR) is 71.6 cm³/mol. The summed E-state index contributed by atoms with van der Waals surface area (Å²) in [6.45, 7) is 7.20. The zero-order valence-electron chi connectivity index (χ0n) is 11.6. The lowest BCUT2D eigenvalue weighted by atomic mass is 10.1. The summed E-state index contributed by atoms with van der Waals surface area (Å²) in [5, 5.41) is 0. The van der Waals surface area contributed by atoms with Crippen molar-refractivity contribution in [3.63, 3.8) is 0 Å². The van der Waals surface area contributed by atoms with E-state index in [0.717, 1.165) is 5.69 Å². The molecule has 2 rings (SSSR count). The largest absolute Gasteiger partial charge is 0.324 e. The molecular weight excluding hydrogens is 242 g/mol. The summed E-state index contributed by atoms with van der Waals surface area (Å²) in [7, 11) is 0. The maximum atomic E-state index is 12.2. The molecule has 1 saturated heterocycles. The van der Waals surface area contributed by atoms with Crippen molar-refractivity contribution in [2.75, 3.05) is 19.8 Å². The standard InChI is InChI=1S/C14H19N3O2/c1-4-16-9-17(8-13(16)18)14(19)11-5-6-12(10(2)3)15-7-11/h5-7,10H,4,8-9H2,1-3H3. The highest BCUT2D eigenvalue weighted by molar-refractivity contribution is 5.97. The molecule has 102 valence electrons. The van der Waals surface area contributed by atoms with Crippen molar-refractivity contribution in [3.05, 3.63) is 29.6 Å². The van der Waals surface area contributed by atoms with Crippen molar-refractivity contribution < 1.29 is 9.59 Å². The van der Waals surface area contributed by atoms with Gasteiger partial charge in [0.2, 0.25) is 5.91 Å². The second-order valence-corrected chi connectivity index (χ2v) is 5.02. The fourth-order valence-electron chi connectivity index (χ4n) is 2.07. The van der Waals surface area contributed by atoms with Crippen molar-refractivity contribution in [2.24, 2.45) is 0 Å². The fourth-order valence-corrected chi connectivity index (χ4v) is 2.07. The van der Waals surface area contributed by atoms with Crippen LogP contribution in [0.4, 0.5) is 0 Å². The van der Waals surface area contributed by atoms with E-state index in [1.54, 1.807) is 22.1 Å². The molecule has 0 unspecified atom stereocenters. The van der Waals surface area contributed by atoms with Gasteiger partial charge in [0.25, 0.3) is 5.91 Å². The molecule has 1 aromatic rings. The number of pyridine rings is 1. The van der Waals surface area contributed by atoms with Crippen molar-refractivity contribution in [1.29, 1.82) is 0 Å². The monoisotopic (exact) mass is 261 g/mol. The van der Waals surface area contributed by atoms with Crippen LogP contribution in [0.5, 0.6) is 0 Å². The van der Waals surface area contributed by atoms with Gasteiger partial charge in [-0.2, -0.15) is 0 Å². The lowest BCUT2D eigenvalue weighted by Crippen LogP contribution is -2.31. The Bertz CT molecular complexity index is 482. The number of rotatable bonds is 3. The zero-order valence-corrected chi connectivity index (χ0v) is 11.6. The number of aromatic nitrogens is 1. The zero-order chi connectivity index (χ0) is 14.0. The number of carbonyl (C=O) groups excluding carboxylic acids is 2. The molecule has 19 heavy (non-hydrogen) atoms. The first-order valence-corrected chi connectivity index (χ1v) is 6.56. The highest BCUT2D eigenvalue weighted by Gasteiger charge is 2.30. The summed E-state index contributed by atoms with van der Waals surface area (Å²) < 4.78 is 0. The van der Waals surface area contributed by atoms with E-state index in [1.165, 1.54) is 0 Å². The molecule has 5 heteroatoms. The Hall–Kier alpha value is -1.91. The highest BCUT2D eigenvalue weighted by Crippen LogP contribution is 2.14. The molecule has 2 heterocycles. The Balaban J connectivity index is 2.10. The van der Waals surface area contributed by atoms with Crippen molar-refractivity contribution >= 4 is 11.8 Å². The van der Waals surface area contributed by atoms with Crippen LogP contribution in [0.25, 0.3) is 0 Å². The number of hydrogen-bond donors (Lipinski definition) is 0. The average molecular weight is 261 g/mol. The maximum absolute atomic E-state index is 12.2. The Morgan fingerprint density at radius 3 is 2.63 bits per heavy atom. The molecule has 0 N–H and O–H groups in total. The molecule has 1 aliphatic rings. The number of likely N-dealkylation sites (N-methyl/N-ethyl adjacent to an activating group) is 1. The second-order valence-electron chi connectivity index (χ2n) is 5.02. The highest BCUT2D eigenvalue weighted by atomic mass is 16.2. The van der Waals surface area contributed by atoms with Crippen LogP contribution >= 0.6 is 0 Å². The van der Waals surface area contributed by atoms with Crippen LogP contribution < -0.4 is 0 Å². The number of carbonyl (C=O) groups is 2. The van der Waals surface area contributed by atoms with E-state index in [-0.39, 0.29) is 18.4 Å². The van der Waals surface area contributed by atoms with E-state index >= 15 is 0 Å². The molecule has 0 spiro atoms. The van der Waals surface area contributed by atoms with Gasteiger partial charge in [-0.05, 0) is 25.0 Å². The molecule has 1 fully saturated rings. The van der Waals surface area contributed by atoms with E-state index in [9.17, 15) is 9.59 Å². The quantitative estimate of drug-likeness (QED) is 0.828. The van der Waals surface area contributed by atoms with Gasteiger partial charge < -0.3 is 9.80 Å². The minimum Gasteiger partial charge on any atom is -0.324 e. The van der Waals surface area contributed by atoms with Crippen LogP contribution in [-0.2, 0) is 4.79 Å². The van der Waals surface area contributed by atoms with Crippen LogP contribution in [0, 0.1) is 0 Å². The minimum absolute atomic E-state index is 0.00242. The van der Waals surface area contributed by atoms with Gasteiger partial charge in [-0.3, -0.25) is 14.6 Å². The average Bonchev–Trinajstić information content (AvgIpc) is 2.79. The van der Waals surface area contributed by atoms with Gasteiger partial charge in [-0.15, -0.1) is 0 Å². The van der Waals surface area contributed by atoms with Gasteiger partial charge in [0.05, 0.1) is 12.2 Å². The Labute approximate surface area is 113 Å². The van der Waals surface area contributed by atoms with E-state index in [1.807, 2.05) is 13.0 Å². The normalized spacial score (nSPS) is 15.5. The summed E-state index contributed by atoms with van der Waals surface area (Å²) >= 11 is 0. The first-order valence-electron chi connectivity index (χ1n) is 6.56. The number of hydrogen-bond acceptors (Lipinski definition) is 3. The molecule has 0 saturated carbocycles. The molecule has 2 amide bonds. The summed E-state index contributed by atoms with van der Waals surface area (Å²) in [6.07, 6.45) is 1.59. The van der Waals surface area contributed by atoms with Crippen molar-refractivity contribution in [1.82, 2.24) is 14.8 Å². The lowest BCUT2D eigenvalue weighted by Gasteiger charge is -2.16. The Kier molecular flexibility index (Phi) is 3.83. The first kappa shape index (κ1) is 13.5. The van der Waals surface area contributed by atoms with Crippen molar-refractivity contribution in [2.45, 2.75) is 26.7 Å². The molecule has 1 aliphatic heterocycles. The third-order valence-corrected chi connectivity index (χ3v) is 3.31. The summed E-state index contributed by atoms with van der Waals surface area (Å²) in [6, 6.07) is 3.65. The minimum atomic E-state index is -0.132. The van der Waals surface area contributed by atoms with E-state index in [4.69, 9.17) is 0 Å². The summed E-state index contributed by atoms with van der Waals surface area (Å²) in [5.41, 5.74) is 1.50. The van der Waals surface area contributed by atoms with Crippen LogP contribution in [0.1, 0.15) is 42.7 Å². The lowest BCUT2D eigenvalue weighted by molar-refractivity contribution is -0.126. The Morgan fingerprint density at radius 2 is 2.16 bits per heavy atom. The molecule has 0 bridgehead atoms. The van der Waals surface area contributed by atoms with Gasteiger partial charge >= 0.3 is 0 Å². The van der Waals surface area contributed by atoms with Crippen LogP contribution in [0.15, 0.2) is 18.3 Å².